The zero-order valence-electron chi connectivity index (χ0n) is 10.9. The molecule has 2 heterocycles. The van der Waals surface area contributed by atoms with Crippen LogP contribution in [0.1, 0.15) is 41.0 Å². The molecule has 0 amide bonds. The molecule has 100 valence electrons. The number of nitrogens with zero attached hydrogens (tertiary/aromatic N) is 3. The van der Waals surface area contributed by atoms with Crippen LogP contribution in [-0.4, -0.2) is 22.0 Å². The molecule has 1 aliphatic carbocycles. The normalized spacial score (nSPS) is 14.7. The Balaban J connectivity index is 1.94. The van der Waals surface area contributed by atoms with Gasteiger partial charge in [0.2, 0.25) is 0 Å². The average molecular weight is 339 g/mol. The maximum absolute atomic E-state index is 4.72. The lowest BCUT2D eigenvalue weighted by molar-refractivity contribution is 0.886. The van der Waals surface area contributed by atoms with Gasteiger partial charge in [-0.25, -0.2) is 15.0 Å². The number of nitrogens with one attached hydrogen (secondary N) is 1. The van der Waals surface area contributed by atoms with Crippen LogP contribution >= 0.6 is 27.3 Å². The van der Waals surface area contributed by atoms with E-state index in [9.17, 15) is 0 Å². The second kappa shape index (κ2) is 5.17. The van der Waals surface area contributed by atoms with E-state index in [2.05, 4.69) is 36.6 Å². The second-order valence-corrected chi connectivity index (χ2v) is 6.51. The number of hydrogen-bond donors (Lipinski definition) is 1. The molecule has 2 aromatic rings. The smallest absolute Gasteiger partial charge is 0.144 e. The van der Waals surface area contributed by atoms with Gasteiger partial charge in [-0.15, -0.1) is 11.3 Å². The molecule has 1 fully saturated rings. The molecule has 0 spiro atoms. The van der Waals surface area contributed by atoms with Crippen LogP contribution < -0.4 is 5.32 Å². The molecule has 6 heteroatoms. The van der Waals surface area contributed by atoms with Gasteiger partial charge >= 0.3 is 0 Å². The van der Waals surface area contributed by atoms with Crippen molar-refractivity contribution in [3.63, 3.8) is 0 Å². The van der Waals surface area contributed by atoms with Crippen LogP contribution in [0.2, 0.25) is 0 Å². The minimum Gasteiger partial charge on any atom is -0.372 e. The SMILES string of the molecule is CNc1nc(Cc2nc(C)cs2)nc(C2CC2)c1Br. The van der Waals surface area contributed by atoms with Gasteiger partial charge in [-0.1, -0.05) is 0 Å². The van der Waals surface area contributed by atoms with Crippen LogP contribution in [0.3, 0.4) is 0 Å². The predicted molar refractivity (Wildman–Crippen MR) is 80.9 cm³/mol. The topological polar surface area (TPSA) is 50.7 Å². The number of hydrogen-bond acceptors (Lipinski definition) is 5. The van der Waals surface area contributed by atoms with Crippen LogP contribution in [0.4, 0.5) is 5.82 Å². The molecule has 3 rings (SSSR count). The minimum absolute atomic E-state index is 0.598. The second-order valence-electron chi connectivity index (χ2n) is 4.77. The lowest BCUT2D eigenvalue weighted by Crippen LogP contribution is -2.05. The summed E-state index contributed by atoms with van der Waals surface area (Å²) >= 11 is 5.27. The number of rotatable bonds is 4. The predicted octanol–water partition coefficient (Wildman–Crippen LogP) is 3.51. The van der Waals surface area contributed by atoms with Gasteiger partial charge in [-0.2, -0.15) is 0 Å². The molecule has 0 saturated heterocycles. The van der Waals surface area contributed by atoms with Gasteiger partial charge in [0.1, 0.15) is 16.6 Å². The fourth-order valence-electron chi connectivity index (χ4n) is 2.00. The van der Waals surface area contributed by atoms with Crippen molar-refractivity contribution in [1.29, 1.82) is 0 Å². The number of anilines is 1. The highest BCUT2D eigenvalue weighted by atomic mass is 79.9. The monoisotopic (exact) mass is 338 g/mol. The van der Waals surface area contributed by atoms with Gasteiger partial charge in [0.15, 0.2) is 0 Å². The van der Waals surface area contributed by atoms with Gasteiger partial charge in [0.05, 0.1) is 16.6 Å². The molecule has 1 aliphatic rings. The molecular formula is C13H15BrN4S. The van der Waals surface area contributed by atoms with Gasteiger partial charge in [-0.05, 0) is 35.7 Å². The Morgan fingerprint density at radius 1 is 1.37 bits per heavy atom. The molecule has 0 aliphatic heterocycles. The number of aryl methyl sites for hydroxylation is 1. The van der Waals surface area contributed by atoms with Gasteiger partial charge in [0, 0.05) is 24.0 Å². The van der Waals surface area contributed by atoms with E-state index in [0.717, 1.165) is 32.5 Å². The Labute approximate surface area is 124 Å². The van der Waals surface area contributed by atoms with Crippen LogP contribution in [0.15, 0.2) is 9.85 Å². The Hall–Kier alpha value is -1.01. The molecule has 0 radical (unpaired) electrons. The molecule has 2 aromatic heterocycles. The zero-order valence-corrected chi connectivity index (χ0v) is 13.3. The van der Waals surface area contributed by atoms with Crippen molar-refractivity contribution in [2.45, 2.75) is 32.1 Å². The zero-order chi connectivity index (χ0) is 13.4. The first-order chi connectivity index (χ1) is 9.17. The molecule has 0 bridgehead atoms. The minimum atomic E-state index is 0.598. The maximum atomic E-state index is 4.72. The highest BCUT2D eigenvalue weighted by Crippen LogP contribution is 2.43. The van der Waals surface area contributed by atoms with Crippen molar-refractivity contribution < 1.29 is 0 Å². The Bertz CT molecular complexity index is 607. The van der Waals surface area contributed by atoms with E-state index in [1.54, 1.807) is 11.3 Å². The van der Waals surface area contributed by atoms with Crippen LogP contribution in [0, 0.1) is 6.92 Å². The molecule has 0 aromatic carbocycles. The van der Waals surface area contributed by atoms with Crippen LogP contribution in [0.25, 0.3) is 0 Å². The summed E-state index contributed by atoms with van der Waals surface area (Å²) in [5, 5.41) is 6.27. The Morgan fingerprint density at radius 2 is 2.16 bits per heavy atom. The summed E-state index contributed by atoms with van der Waals surface area (Å²) in [4.78, 5) is 13.8. The maximum Gasteiger partial charge on any atom is 0.144 e. The molecule has 0 atom stereocenters. The van der Waals surface area contributed by atoms with E-state index >= 15 is 0 Å². The molecule has 19 heavy (non-hydrogen) atoms. The molecule has 1 N–H and O–H groups in total. The summed E-state index contributed by atoms with van der Waals surface area (Å²) in [5.41, 5.74) is 2.20. The van der Waals surface area contributed by atoms with E-state index in [0.29, 0.717) is 12.3 Å². The summed E-state index contributed by atoms with van der Waals surface area (Å²) in [6.45, 7) is 2.01. The molecule has 4 nitrogen and oxygen atoms in total. The first kappa shape index (κ1) is 13.0. The number of aromatic nitrogens is 3. The lowest BCUT2D eigenvalue weighted by Gasteiger charge is -2.09. The number of halogens is 1. The van der Waals surface area contributed by atoms with Crippen molar-refractivity contribution in [2.24, 2.45) is 0 Å². The third-order valence-corrected chi connectivity index (χ3v) is 4.85. The van der Waals surface area contributed by atoms with E-state index < -0.39 is 0 Å². The van der Waals surface area contributed by atoms with Crippen molar-refractivity contribution in [3.8, 4) is 0 Å². The molecular weight excluding hydrogens is 324 g/mol. The number of thiazole rings is 1. The quantitative estimate of drug-likeness (QED) is 0.926. The standard InChI is InChI=1S/C13H15BrN4S/c1-7-6-19-10(16-7)5-9-17-12(8-3-4-8)11(14)13(15-2)18-9/h6,8H,3-5H2,1-2H3,(H,15,17,18). The van der Waals surface area contributed by atoms with Gasteiger partial charge in [0.25, 0.3) is 0 Å². The van der Waals surface area contributed by atoms with E-state index in [-0.39, 0.29) is 0 Å². The van der Waals surface area contributed by atoms with Crippen molar-refractivity contribution in [1.82, 2.24) is 15.0 Å². The summed E-state index contributed by atoms with van der Waals surface area (Å²) in [6.07, 6.45) is 3.17. The third kappa shape index (κ3) is 2.79. The fourth-order valence-corrected chi connectivity index (χ4v) is 3.47. The summed E-state index contributed by atoms with van der Waals surface area (Å²) in [6, 6.07) is 0. The van der Waals surface area contributed by atoms with Crippen molar-refractivity contribution >= 4 is 33.1 Å². The highest BCUT2D eigenvalue weighted by molar-refractivity contribution is 9.10. The lowest BCUT2D eigenvalue weighted by atomic mass is 10.2. The molecule has 0 unspecified atom stereocenters. The summed E-state index contributed by atoms with van der Waals surface area (Å²) < 4.78 is 1.01. The third-order valence-electron chi connectivity index (χ3n) is 3.10. The van der Waals surface area contributed by atoms with Crippen LogP contribution in [-0.2, 0) is 6.42 Å². The van der Waals surface area contributed by atoms with Crippen molar-refractivity contribution in [3.05, 3.63) is 32.1 Å². The summed E-state index contributed by atoms with van der Waals surface area (Å²) in [5.74, 6) is 2.32. The first-order valence-corrected chi connectivity index (χ1v) is 7.99. The molecule has 1 saturated carbocycles. The largest absolute Gasteiger partial charge is 0.372 e. The average Bonchev–Trinajstić information content (AvgIpc) is 3.15. The Morgan fingerprint density at radius 3 is 2.74 bits per heavy atom. The fraction of sp³-hybridized carbons (Fsp3) is 0.462. The van der Waals surface area contributed by atoms with Gasteiger partial charge < -0.3 is 5.32 Å². The van der Waals surface area contributed by atoms with Crippen molar-refractivity contribution in [2.75, 3.05) is 12.4 Å². The van der Waals surface area contributed by atoms with E-state index in [1.165, 1.54) is 12.8 Å². The summed E-state index contributed by atoms with van der Waals surface area (Å²) in [7, 11) is 1.89. The van der Waals surface area contributed by atoms with E-state index in [4.69, 9.17) is 4.98 Å². The highest BCUT2D eigenvalue weighted by Gasteiger charge is 2.29. The van der Waals surface area contributed by atoms with Crippen LogP contribution in [0.5, 0.6) is 0 Å². The Kier molecular flexibility index (Phi) is 3.54. The van der Waals surface area contributed by atoms with E-state index in [1.807, 2.05) is 14.0 Å². The van der Waals surface area contributed by atoms with Gasteiger partial charge in [-0.3, -0.25) is 0 Å². The first-order valence-electron chi connectivity index (χ1n) is 6.32.